The number of hydrogen-bond acceptors (Lipinski definition) is 2. The van der Waals surface area contributed by atoms with Gasteiger partial charge in [-0.1, -0.05) is 18.2 Å². The molecule has 0 amide bonds. The average molecular weight is 216 g/mol. The van der Waals surface area contributed by atoms with Gasteiger partial charge in [-0.3, -0.25) is 0 Å². The number of rotatable bonds is 1. The highest BCUT2D eigenvalue weighted by Gasteiger charge is 2.45. The number of nitrogens with zero attached hydrogens (tertiary/aromatic N) is 1. The predicted molar refractivity (Wildman–Crippen MR) is 67.8 cm³/mol. The molecule has 1 heterocycles. The van der Waals surface area contributed by atoms with E-state index >= 15 is 0 Å². The number of anilines is 1. The second-order valence-corrected chi connectivity index (χ2v) is 5.44. The molecule has 0 bridgehead atoms. The second-order valence-electron chi connectivity index (χ2n) is 5.44. The van der Waals surface area contributed by atoms with Crippen molar-refractivity contribution >= 4 is 5.69 Å². The van der Waals surface area contributed by atoms with Crippen molar-refractivity contribution < 1.29 is 0 Å². The van der Waals surface area contributed by atoms with E-state index in [2.05, 4.69) is 47.5 Å². The van der Waals surface area contributed by atoms with Gasteiger partial charge < -0.3 is 10.2 Å². The lowest BCUT2D eigenvalue weighted by Gasteiger charge is -2.31. The highest BCUT2D eigenvalue weighted by Crippen LogP contribution is 2.47. The molecule has 1 atom stereocenters. The van der Waals surface area contributed by atoms with E-state index < -0.39 is 0 Å². The van der Waals surface area contributed by atoms with E-state index in [9.17, 15) is 0 Å². The van der Waals surface area contributed by atoms with E-state index in [1.54, 1.807) is 0 Å². The lowest BCUT2D eigenvalue weighted by molar-refractivity contribution is 0.500. The fourth-order valence-corrected chi connectivity index (χ4v) is 2.71. The Kier molecular flexibility index (Phi) is 2.40. The molecule has 2 nitrogen and oxygen atoms in total. The van der Waals surface area contributed by atoms with Crippen molar-refractivity contribution in [3.63, 3.8) is 0 Å². The molecule has 1 aliphatic carbocycles. The Balaban J connectivity index is 1.86. The molecular weight excluding hydrogens is 196 g/mol. The van der Waals surface area contributed by atoms with Crippen LogP contribution in [0.1, 0.15) is 19.8 Å². The van der Waals surface area contributed by atoms with Gasteiger partial charge in [-0.2, -0.15) is 0 Å². The normalized spacial score (nSPS) is 27.8. The summed E-state index contributed by atoms with van der Waals surface area (Å²) in [7, 11) is 0. The van der Waals surface area contributed by atoms with E-state index in [0.29, 0.717) is 11.5 Å². The van der Waals surface area contributed by atoms with Crippen molar-refractivity contribution in [2.24, 2.45) is 5.41 Å². The monoisotopic (exact) mass is 216 g/mol. The second kappa shape index (κ2) is 3.77. The quantitative estimate of drug-likeness (QED) is 0.774. The maximum absolute atomic E-state index is 3.61. The maximum Gasteiger partial charge on any atom is 0.0386 e. The Morgan fingerprint density at radius 2 is 2.00 bits per heavy atom. The molecule has 3 rings (SSSR count). The molecule has 1 N–H and O–H groups in total. The van der Waals surface area contributed by atoms with Gasteiger partial charge >= 0.3 is 0 Å². The first-order chi connectivity index (χ1) is 7.79. The topological polar surface area (TPSA) is 15.3 Å². The van der Waals surface area contributed by atoms with Crippen LogP contribution in [0.15, 0.2) is 30.3 Å². The van der Waals surface area contributed by atoms with E-state index in [0.717, 1.165) is 6.54 Å². The zero-order chi connectivity index (χ0) is 11.0. The molecule has 2 heteroatoms. The molecule has 0 radical (unpaired) electrons. The van der Waals surface area contributed by atoms with Crippen molar-refractivity contribution in [3.05, 3.63) is 30.3 Å². The minimum Gasteiger partial charge on any atom is -0.367 e. The van der Waals surface area contributed by atoms with Crippen molar-refractivity contribution in [2.75, 3.05) is 24.5 Å². The molecule has 1 aromatic rings. The van der Waals surface area contributed by atoms with Crippen LogP contribution in [0.4, 0.5) is 5.69 Å². The van der Waals surface area contributed by atoms with Crippen LogP contribution < -0.4 is 10.2 Å². The Labute approximate surface area is 97.6 Å². The molecule has 1 saturated carbocycles. The fourth-order valence-electron chi connectivity index (χ4n) is 2.71. The molecule has 1 aromatic carbocycles. The number of hydrogen-bond donors (Lipinski definition) is 1. The summed E-state index contributed by atoms with van der Waals surface area (Å²) in [6.07, 6.45) is 2.80. The molecule has 2 fully saturated rings. The molecule has 0 aromatic heterocycles. The Hall–Kier alpha value is -1.02. The maximum atomic E-state index is 3.61. The standard InChI is InChI=1S/C14H20N2/c1-12-9-15-10-14(7-8-14)11-16(12)13-5-3-2-4-6-13/h2-6,12,15H,7-11H2,1H3. The Morgan fingerprint density at radius 1 is 1.25 bits per heavy atom. The lowest BCUT2D eigenvalue weighted by Crippen LogP contribution is -2.38. The van der Waals surface area contributed by atoms with Gasteiger partial charge in [-0.15, -0.1) is 0 Å². The molecule has 1 unspecified atom stereocenters. The summed E-state index contributed by atoms with van der Waals surface area (Å²) < 4.78 is 0. The molecule has 1 spiro atoms. The highest BCUT2D eigenvalue weighted by atomic mass is 15.2. The van der Waals surface area contributed by atoms with Gasteiger partial charge in [0.1, 0.15) is 0 Å². The summed E-state index contributed by atoms with van der Waals surface area (Å²) in [6.45, 7) is 5.86. The summed E-state index contributed by atoms with van der Waals surface area (Å²) in [6, 6.07) is 11.4. The zero-order valence-electron chi connectivity index (χ0n) is 9.95. The Morgan fingerprint density at radius 3 is 2.69 bits per heavy atom. The molecule has 1 saturated heterocycles. The van der Waals surface area contributed by atoms with Crippen LogP contribution in [0.2, 0.25) is 0 Å². The first-order valence-electron chi connectivity index (χ1n) is 6.32. The van der Waals surface area contributed by atoms with Crippen LogP contribution >= 0.6 is 0 Å². The lowest BCUT2D eigenvalue weighted by atomic mass is 10.1. The summed E-state index contributed by atoms with van der Waals surface area (Å²) in [5.41, 5.74) is 1.96. The van der Waals surface area contributed by atoms with Crippen molar-refractivity contribution in [1.29, 1.82) is 0 Å². The van der Waals surface area contributed by atoms with Crippen molar-refractivity contribution in [2.45, 2.75) is 25.8 Å². The van der Waals surface area contributed by atoms with Gasteiger partial charge in [0.25, 0.3) is 0 Å². The third-order valence-corrected chi connectivity index (χ3v) is 4.02. The molecule has 16 heavy (non-hydrogen) atoms. The zero-order valence-corrected chi connectivity index (χ0v) is 9.95. The van der Waals surface area contributed by atoms with Crippen molar-refractivity contribution in [1.82, 2.24) is 5.32 Å². The smallest absolute Gasteiger partial charge is 0.0386 e. The largest absolute Gasteiger partial charge is 0.367 e. The van der Waals surface area contributed by atoms with Crippen LogP contribution in [0.5, 0.6) is 0 Å². The van der Waals surface area contributed by atoms with Crippen molar-refractivity contribution in [3.8, 4) is 0 Å². The van der Waals surface area contributed by atoms with Crippen LogP contribution in [0, 0.1) is 5.41 Å². The molecule has 1 aliphatic heterocycles. The summed E-state index contributed by atoms with van der Waals surface area (Å²) >= 11 is 0. The Bertz CT molecular complexity index is 356. The fraction of sp³-hybridized carbons (Fsp3) is 0.571. The van der Waals surface area contributed by atoms with Gasteiger partial charge in [-0.25, -0.2) is 0 Å². The first kappa shape index (κ1) is 10.2. The minimum absolute atomic E-state index is 0.584. The van der Waals surface area contributed by atoms with Gasteiger partial charge in [0.2, 0.25) is 0 Å². The SMILES string of the molecule is CC1CNCC2(CC2)CN1c1ccccc1. The third kappa shape index (κ3) is 1.82. The molecule has 2 aliphatic rings. The summed E-state index contributed by atoms with van der Waals surface area (Å²) in [5, 5.41) is 3.61. The van der Waals surface area contributed by atoms with Crippen LogP contribution in [0.25, 0.3) is 0 Å². The van der Waals surface area contributed by atoms with Gasteiger partial charge in [0.15, 0.2) is 0 Å². The first-order valence-corrected chi connectivity index (χ1v) is 6.32. The van der Waals surface area contributed by atoms with Gasteiger partial charge in [0, 0.05) is 36.8 Å². The summed E-state index contributed by atoms with van der Waals surface area (Å²) in [4.78, 5) is 2.58. The number of benzene rings is 1. The number of nitrogens with one attached hydrogen (secondary N) is 1. The molecule has 86 valence electrons. The van der Waals surface area contributed by atoms with Crippen LogP contribution in [-0.4, -0.2) is 25.7 Å². The van der Waals surface area contributed by atoms with Crippen LogP contribution in [0.3, 0.4) is 0 Å². The highest BCUT2D eigenvalue weighted by molar-refractivity contribution is 5.48. The van der Waals surface area contributed by atoms with E-state index in [1.807, 2.05) is 0 Å². The van der Waals surface area contributed by atoms with Gasteiger partial charge in [0.05, 0.1) is 0 Å². The van der Waals surface area contributed by atoms with E-state index in [4.69, 9.17) is 0 Å². The van der Waals surface area contributed by atoms with Gasteiger partial charge in [-0.05, 0) is 31.9 Å². The summed E-state index contributed by atoms with van der Waals surface area (Å²) in [5.74, 6) is 0. The third-order valence-electron chi connectivity index (χ3n) is 4.02. The van der Waals surface area contributed by atoms with Crippen LogP contribution in [-0.2, 0) is 0 Å². The predicted octanol–water partition coefficient (Wildman–Crippen LogP) is 2.26. The minimum atomic E-state index is 0.584. The van der Waals surface area contributed by atoms with E-state index in [-0.39, 0.29) is 0 Å². The molecular formula is C14H20N2. The van der Waals surface area contributed by atoms with E-state index in [1.165, 1.54) is 31.6 Å². The average Bonchev–Trinajstić information content (AvgIpc) is 3.09. The number of para-hydroxylation sites is 1.